The Kier molecular flexibility index (Phi) is 12.3. The van der Waals surface area contributed by atoms with Gasteiger partial charge < -0.3 is 27.0 Å². The van der Waals surface area contributed by atoms with E-state index in [4.69, 9.17) is 44.6 Å². The van der Waals surface area contributed by atoms with Crippen molar-refractivity contribution in [3.05, 3.63) is 63.6 Å². The number of carbonyl (C=O) groups is 4. The number of nitrogens with two attached hydrogens (primary N) is 2. The first kappa shape index (κ1) is 36.2. The van der Waals surface area contributed by atoms with Crippen LogP contribution in [0.3, 0.4) is 0 Å². The molecule has 1 unspecified atom stereocenters. The number of halogens is 5. The van der Waals surface area contributed by atoms with E-state index in [2.05, 4.69) is 10.3 Å². The minimum Gasteiger partial charge on any atom is -0.477 e. The number of carboxylic acids is 2. The molecule has 1 fully saturated rings. The molecule has 0 bridgehead atoms. The van der Waals surface area contributed by atoms with Crippen molar-refractivity contribution in [3.8, 4) is 0 Å². The molecule has 2 aliphatic rings. The van der Waals surface area contributed by atoms with Crippen LogP contribution in [0.4, 0.5) is 24.8 Å². The zero-order valence-corrected chi connectivity index (χ0v) is 26.8. The van der Waals surface area contributed by atoms with Gasteiger partial charge >= 0.3 is 18.1 Å². The summed E-state index contributed by atoms with van der Waals surface area (Å²) in [6, 6.07) is 4.15. The van der Waals surface area contributed by atoms with Crippen LogP contribution in [0.2, 0.25) is 10.0 Å². The van der Waals surface area contributed by atoms with E-state index in [0.29, 0.717) is 49.2 Å². The number of thioether (sulfide) groups is 2. The van der Waals surface area contributed by atoms with E-state index in [1.807, 2.05) is 0 Å². The molecule has 2 atom stereocenters. The number of nitrogens with zero attached hydrogens (tertiary/aromatic N) is 3. The fraction of sp³-hybridized carbons (Fsp3) is 0.280. The smallest absolute Gasteiger partial charge is 0.477 e. The highest BCUT2D eigenvalue weighted by Gasteiger charge is 2.53. The average molecular weight is 729 g/mol. The number of hydrogen-bond acceptors (Lipinski definition) is 10. The Labute approximate surface area is 276 Å². The first-order valence-electron chi connectivity index (χ1n) is 12.3. The fourth-order valence-electron chi connectivity index (χ4n) is 3.70. The number of carboxylic acid groups (broad SMARTS) is 2. The van der Waals surface area contributed by atoms with Crippen molar-refractivity contribution < 1.29 is 46.5 Å². The highest BCUT2D eigenvalue weighted by Crippen LogP contribution is 2.41. The number of rotatable bonds is 9. The van der Waals surface area contributed by atoms with E-state index in [9.17, 15) is 32.7 Å². The second-order valence-corrected chi connectivity index (χ2v) is 12.9. The number of benzene rings is 1. The van der Waals surface area contributed by atoms with E-state index < -0.39 is 35.4 Å². The lowest BCUT2D eigenvalue weighted by Crippen LogP contribution is -2.70. The predicted octanol–water partition coefficient (Wildman–Crippen LogP) is 3.37. The predicted molar refractivity (Wildman–Crippen MR) is 166 cm³/mol. The molecule has 7 N–H and O–H groups in total. The van der Waals surface area contributed by atoms with Crippen LogP contribution in [0, 0.1) is 6.92 Å². The molecule has 0 aliphatic carbocycles. The van der Waals surface area contributed by atoms with Crippen LogP contribution in [0.1, 0.15) is 5.56 Å². The summed E-state index contributed by atoms with van der Waals surface area (Å²) < 4.78 is 33.4. The first-order valence-corrected chi connectivity index (χ1v) is 16.1. The van der Waals surface area contributed by atoms with Crippen molar-refractivity contribution in [2.75, 3.05) is 28.7 Å². The normalized spacial score (nSPS) is 17.7. The lowest BCUT2D eigenvalue weighted by atomic mass is 10.0. The maximum absolute atomic E-state index is 12.9. The van der Waals surface area contributed by atoms with Crippen LogP contribution in [-0.2, 0) is 19.2 Å². The Bertz CT molecular complexity index is 1580. The number of nitrogens with one attached hydrogen (secondary N) is 1. The maximum atomic E-state index is 12.9. The van der Waals surface area contributed by atoms with Crippen LogP contribution < -0.4 is 20.8 Å². The molecular formula is C25H24Cl2F3N6O6S3+. The summed E-state index contributed by atoms with van der Waals surface area (Å²) in [5.41, 5.74) is 12.9. The molecule has 12 nitrogen and oxygen atoms in total. The number of alkyl halides is 3. The van der Waals surface area contributed by atoms with Crippen LogP contribution in [-0.4, -0.2) is 78.7 Å². The Morgan fingerprint density at radius 2 is 1.93 bits per heavy atom. The van der Waals surface area contributed by atoms with Gasteiger partial charge in [-0.25, -0.2) is 9.59 Å². The number of aliphatic carboxylic acids is 2. The van der Waals surface area contributed by atoms with E-state index in [1.54, 1.807) is 41.2 Å². The lowest BCUT2D eigenvalue weighted by Gasteiger charge is -2.49. The monoisotopic (exact) mass is 727 g/mol. The Balaban J connectivity index is 0.000000707. The van der Waals surface area contributed by atoms with Crippen LogP contribution in [0.25, 0.3) is 0 Å². The van der Waals surface area contributed by atoms with E-state index >= 15 is 0 Å². The van der Waals surface area contributed by atoms with Gasteiger partial charge in [0.05, 0.1) is 16.3 Å². The third-order valence-corrected chi connectivity index (χ3v) is 9.89. The van der Waals surface area contributed by atoms with Crippen LogP contribution in [0.5, 0.6) is 0 Å². The number of allylic oxidation sites excluding steroid dienone is 1. The van der Waals surface area contributed by atoms with Gasteiger partial charge in [-0.15, -0.1) is 23.5 Å². The Morgan fingerprint density at radius 3 is 2.56 bits per heavy atom. The third kappa shape index (κ3) is 9.12. The van der Waals surface area contributed by atoms with Crippen LogP contribution in [0.15, 0.2) is 52.8 Å². The molecule has 1 aromatic carbocycles. The van der Waals surface area contributed by atoms with Gasteiger partial charge in [-0.1, -0.05) is 40.3 Å². The summed E-state index contributed by atoms with van der Waals surface area (Å²) in [5.74, 6) is -3.08. The van der Waals surface area contributed by atoms with Crippen molar-refractivity contribution in [2.45, 2.75) is 29.4 Å². The average Bonchev–Trinajstić information content (AvgIpc) is 2.97. The van der Waals surface area contributed by atoms with E-state index in [0.717, 1.165) is 0 Å². The van der Waals surface area contributed by atoms with Gasteiger partial charge in [-0.2, -0.15) is 17.1 Å². The fourth-order valence-corrected chi connectivity index (χ4v) is 7.06. The summed E-state index contributed by atoms with van der Waals surface area (Å²) >= 11 is 16.1. The number of β-lactam (4-membered cyclic amide) rings is 1. The molecule has 45 heavy (non-hydrogen) atoms. The summed E-state index contributed by atoms with van der Waals surface area (Å²) in [7, 11) is 0. The molecule has 3 heterocycles. The molecule has 1 saturated heterocycles. The number of fused-ring (bicyclic) bond motifs is 1. The number of carbonyl (C=O) groups excluding carboxylic acids is 2. The van der Waals surface area contributed by atoms with Gasteiger partial charge in [0.25, 0.3) is 5.91 Å². The van der Waals surface area contributed by atoms with Gasteiger partial charge in [0.15, 0.2) is 0 Å². The van der Waals surface area contributed by atoms with Gasteiger partial charge in [0.2, 0.25) is 23.9 Å². The van der Waals surface area contributed by atoms with Crippen molar-refractivity contribution >= 4 is 94.1 Å². The molecule has 20 heteroatoms. The lowest BCUT2D eigenvalue weighted by molar-refractivity contribution is -0.481. The maximum Gasteiger partial charge on any atom is 0.490 e. The molecule has 242 valence electrons. The zero-order chi connectivity index (χ0) is 33.6. The van der Waals surface area contributed by atoms with Crippen molar-refractivity contribution in [1.29, 1.82) is 0 Å². The van der Waals surface area contributed by atoms with Gasteiger partial charge in [-0.3, -0.25) is 14.5 Å². The molecule has 2 aliphatic heterocycles. The Morgan fingerprint density at radius 1 is 1.27 bits per heavy atom. The van der Waals surface area contributed by atoms with Crippen molar-refractivity contribution in [2.24, 2.45) is 0 Å². The minimum absolute atomic E-state index is 0.0279. The molecular weight excluding hydrogens is 704 g/mol. The largest absolute Gasteiger partial charge is 0.490 e. The van der Waals surface area contributed by atoms with Gasteiger partial charge in [-0.05, 0) is 30.7 Å². The van der Waals surface area contributed by atoms with Crippen LogP contribution >= 0.6 is 58.7 Å². The third-order valence-electron chi connectivity index (χ3n) is 5.95. The molecule has 2 amide bonds. The van der Waals surface area contributed by atoms with Gasteiger partial charge in [0, 0.05) is 33.4 Å². The molecule has 2 aromatic rings. The minimum atomic E-state index is -5.08. The van der Waals surface area contributed by atoms with Crippen molar-refractivity contribution in [3.63, 3.8) is 0 Å². The van der Waals surface area contributed by atoms with E-state index in [1.165, 1.54) is 46.7 Å². The molecule has 1 aromatic heterocycles. The van der Waals surface area contributed by atoms with Gasteiger partial charge in [0.1, 0.15) is 17.1 Å². The molecule has 0 radical (unpaired) electrons. The second kappa shape index (κ2) is 15.3. The molecule has 4 rings (SSSR count). The number of aromatic nitrogens is 2. The SMILES string of the molecule is Cc1c(N)nc[n+](SC/C=C/C2=C(C(=O)O)N3C(=O)[C@@H](NC(=O)CSc4cc(Cl)ccc4Cl)C3SC2)c1N.O=C(O)C(F)(F)F. The van der Waals surface area contributed by atoms with E-state index in [-0.39, 0.29) is 17.4 Å². The first-order chi connectivity index (χ1) is 21.0. The highest BCUT2D eigenvalue weighted by atomic mass is 35.5. The molecule has 0 spiro atoms. The topological polar surface area (TPSA) is 193 Å². The summed E-state index contributed by atoms with van der Waals surface area (Å²) in [4.78, 5) is 52.3. The second-order valence-electron chi connectivity index (χ2n) is 8.96. The van der Waals surface area contributed by atoms with Crippen molar-refractivity contribution in [1.82, 2.24) is 15.2 Å². The Hall–Kier alpha value is -3.32. The summed E-state index contributed by atoms with van der Waals surface area (Å²) in [6.45, 7) is 1.78. The molecule has 0 saturated carbocycles. The quantitative estimate of drug-likeness (QED) is 0.144. The zero-order valence-electron chi connectivity index (χ0n) is 22.9. The highest BCUT2D eigenvalue weighted by molar-refractivity contribution is 8.00. The number of anilines is 2. The standard InChI is InChI=1S/C23H22Cl2N6O4S3.C2HF3O2/c1-11-19(26)28-10-30(20(11)27)38-6-2-3-12-8-37-22-17(21(33)31(22)18(12)23(34)35)29-16(32)9-36-15-7-13(24)4-5-14(15)25;3-2(4,5)1(6)7/h2-5,7,10,17,22H,6,8-9H2,1H3,(H5,26,27,29,32,34,35);(H,6,7)/p+1/b3-2+;/t17-,22?;/m1./s1. The summed E-state index contributed by atoms with van der Waals surface area (Å²) in [5, 5.41) is 20.2. The summed E-state index contributed by atoms with van der Waals surface area (Å²) in [6.07, 6.45) is -0.0727. The number of nitrogen functional groups attached to an aromatic ring is 2. The number of amides is 2. The number of hydrogen-bond donors (Lipinski definition) is 5.